The van der Waals surface area contributed by atoms with Gasteiger partial charge in [-0.05, 0) is 18.4 Å². The van der Waals surface area contributed by atoms with E-state index in [0.717, 1.165) is 31.9 Å². The Kier molecular flexibility index (Phi) is 5.52. The molecular formula is C19H26FN7O. The first-order valence-electron chi connectivity index (χ1n) is 9.79. The SMILES string of the molecule is CC(C)c1ncnc(N2CCC(Nc3ccnc(N4CCOCC4)n3)C2)c1F. The molecule has 1 N–H and O–H groups in total. The number of anilines is 3. The zero-order chi connectivity index (χ0) is 19.5. The molecule has 28 heavy (non-hydrogen) atoms. The fourth-order valence-electron chi connectivity index (χ4n) is 3.62. The summed E-state index contributed by atoms with van der Waals surface area (Å²) in [7, 11) is 0. The van der Waals surface area contributed by atoms with E-state index in [0.29, 0.717) is 37.2 Å². The number of ether oxygens (including phenoxy) is 1. The molecule has 0 spiro atoms. The molecule has 1 atom stereocenters. The van der Waals surface area contributed by atoms with Crippen LogP contribution in [0.4, 0.5) is 22.0 Å². The lowest BCUT2D eigenvalue weighted by atomic mass is 10.1. The van der Waals surface area contributed by atoms with Crippen LogP contribution in [0, 0.1) is 5.82 Å². The Bertz CT molecular complexity index is 813. The number of nitrogens with one attached hydrogen (secondary N) is 1. The smallest absolute Gasteiger partial charge is 0.227 e. The Morgan fingerprint density at radius 3 is 2.75 bits per heavy atom. The maximum absolute atomic E-state index is 14.8. The predicted octanol–water partition coefficient (Wildman–Crippen LogP) is 2.06. The second-order valence-corrected chi connectivity index (χ2v) is 7.47. The maximum atomic E-state index is 14.8. The average Bonchev–Trinajstić information content (AvgIpc) is 3.17. The van der Waals surface area contributed by atoms with E-state index >= 15 is 0 Å². The Balaban J connectivity index is 1.42. The Hall–Kier alpha value is -2.55. The van der Waals surface area contributed by atoms with Gasteiger partial charge in [-0.2, -0.15) is 4.98 Å². The molecule has 2 aliphatic rings. The normalized spacial score (nSPS) is 20.1. The average molecular weight is 387 g/mol. The molecule has 9 heteroatoms. The molecule has 1 unspecified atom stereocenters. The van der Waals surface area contributed by atoms with Crippen molar-refractivity contribution >= 4 is 17.6 Å². The summed E-state index contributed by atoms with van der Waals surface area (Å²) in [5.41, 5.74) is 0.465. The summed E-state index contributed by atoms with van der Waals surface area (Å²) in [6, 6.07) is 2.04. The van der Waals surface area contributed by atoms with Crippen LogP contribution in [0.2, 0.25) is 0 Å². The van der Waals surface area contributed by atoms with Crippen LogP contribution in [-0.2, 0) is 4.74 Å². The van der Waals surface area contributed by atoms with E-state index in [1.807, 2.05) is 24.8 Å². The highest BCUT2D eigenvalue weighted by atomic mass is 19.1. The van der Waals surface area contributed by atoms with Gasteiger partial charge >= 0.3 is 0 Å². The number of aromatic nitrogens is 4. The highest BCUT2D eigenvalue weighted by Gasteiger charge is 2.27. The van der Waals surface area contributed by atoms with E-state index in [-0.39, 0.29) is 17.8 Å². The van der Waals surface area contributed by atoms with Crippen molar-refractivity contribution in [3.63, 3.8) is 0 Å². The van der Waals surface area contributed by atoms with E-state index < -0.39 is 0 Å². The molecule has 2 saturated heterocycles. The first kappa shape index (κ1) is 18.8. The molecule has 0 radical (unpaired) electrons. The highest BCUT2D eigenvalue weighted by molar-refractivity contribution is 5.46. The monoisotopic (exact) mass is 387 g/mol. The minimum absolute atomic E-state index is 0.0258. The molecule has 2 aromatic heterocycles. The van der Waals surface area contributed by atoms with Crippen molar-refractivity contribution in [2.75, 3.05) is 54.5 Å². The van der Waals surface area contributed by atoms with Crippen LogP contribution in [-0.4, -0.2) is 65.4 Å². The summed E-state index contributed by atoms with van der Waals surface area (Å²) in [6.07, 6.45) is 4.11. The minimum atomic E-state index is -0.310. The quantitative estimate of drug-likeness (QED) is 0.835. The van der Waals surface area contributed by atoms with Crippen LogP contribution < -0.4 is 15.1 Å². The standard InChI is InChI=1S/C19H26FN7O/c1-13(2)17-16(20)18(23-12-22-17)27-6-4-14(11-27)24-15-3-5-21-19(25-15)26-7-9-28-10-8-26/h3,5,12-14H,4,6-11H2,1-2H3,(H,21,24,25). The molecule has 2 fully saturated rings. The number of hydrogen-bond acceptors (Lipinski definition) is 8. The van der Waals surface area contributed by atoms with E-state index in [1.165, 1.54) is 6.33 Å². The van der Waals surface area contributed by atoms with Crippen molar-refractivity contribution in [2.24, 2.45) is 0 Å². The molecule has 150 valence electrons. The van der Waals surface area contributed by atoms with Crippen molar-refractivity contribution in [1.29, 1.82) is 0 Å². The Morgan fingerprint density at radius 2 is 1.96 bits per heavy atom. The van der Waals surface area contributed by atoms with Crippen molar-refractivity contribution in [1.82, 2.24) is 19.9 Å². The second kappa shape index (κ2) is 8.22. The van der Waals surface area contributed by atoms with E-state index in [4.69, 9.17) is 4.74 Å². The lowest BCUT2D eigenvalue weighted by molar-refractivity contribution is 0.122. The fraction of sp³-hybridized carbons (Fsp3) is 0.579. The molecule has 0 aromatic carbocycles. The third-order valence-corrected chi connectivity index (χ3v) is 5.12. The number of morpholine rings is 1. The third kappa shape index (κ3) is 3.99. The van der Waals surface area contributed by atoms with Crippen molar-refractivity contribution < 1.29 is 9.13 Å². The maximum Gasteiger partial charge on any atom is 0.227 e. The van der Waals surface area contributed by atoms with Gasteiger partial charge in [0.2, 0.25) is 5.95 Å². The van der Waals surface area contributed by atoms with Gasteiger partial charge in [0.15, 0.2) is 11.6 Å². The first-order chi connectivity index (χ1) is 13.6. The summed E-state index contributed by atoms with van der Waals surface area (Å²) in [5, 5.41) is 3.46. The van der Waals surface area contributed by atoms with Crippen molar-refractivity contribution in [3.8, 4) is 0 Å². The Morgan fingerprint density at radius 1 is 1.14 bits per heavy atom. The molecule has 4 heterocycles. The van der Waals surface area contributed by atoms with Crippen LogP contribution in [0.3, 0.4) is 0 Å². The van der Waals surface area contributed by atoms with Gasteiger partial charge in [-0.1, -0.05) is 13.8 Å². The van der Waals surface area contributed by atoms with Gasteiger partial charge in [0.25, 0.3) is 0 Å². The van der Waals surface area contributed by atoms with E-state index in [9.17, 15) is 4.39 Å². The van der Waals surface area contributed by atoms with Crippen LogP contribution in [0.5, 0.6) is 0 Å². The van der Waals surface area contributed by atoms with Crippen molar-refractivity contribution in [3.05, 3.63) is 30.1 Å². The van der Waals surface area contributed by atoms with Crippen LogP contribution >= 0.6 is 0 Å². The van der Waals surface area contributed by atoms with Gasteiger partial charge in [0.05, 0.1) is 18.9 Å². The number of nitrogens with zero attached hydrogens (tertiary/aromatic N) is 6. The Labute approximate surface area is 164 Å². The number of rotatable bonds is 5. The number of hydrogen-bond donors (Lipinski definition) is 1. The molecule has 2 aliphatic heterocycles. The van der Waals surface area contributed by atoms with E-state index in [2.05, 4.69) is 30.2 Å². The van der Waals surface area contributed by atoms with Gasteiger partial charge in [-0.15, -0.1) is 0 Å². The summed E-state index contributed by atoms with van der Waals surface area (Å²) >= 11 is 0. The van der Waals surface area contributed by atoms with Crippen LogP contribution in [0.1, 0.15) is 31.9 Å². The third-order valence-electron chi connectivity index (χ3n) is 5.12. The topological polar surface area (TPSA) is 79.3 Å². The van der Waals surface area contributed by atoms with Gasteiger partial charge in [-0.25, -0.2) is 19.3 Å². The molecular weight excluding hydrogens is 361 g/mol. The molecule has 8 nitrogen and oxygen atoms in total. The molecule has 0 saturated carbocycles. The molecule has 0 aliphatic carbocycles. The fourth-order valence-corrected chi connectivity index (χ4v) is 3.62. The first-order valence-corrected chi connectivity index (χ1v) is 9.79. The zero-order valence-corrected chi connectivity index (χ0v) is 16.3. The van der Waals surface area contributed by atoms with Crippen LogP contribution in [0.25, 0.3) is 0 Å². The van der Waals surface area contributed by atoms with Crippen molar-refractivity contribution in [2.45, 2.75) is 32.2 Å². The van der Waals surface area contributed by atoms with Gasteiger partial charge in [0, 0.05) is 38.4 Å². The molecule has 4 rings (SSSR count). The van der Waals surface area contributed by atoms with Gasteiger partial charge in [0.1, 0.15) is 12.1 Å². The largest absolute Gasteiger partial charge is 0.378 e. The number of halogens is 1. The van der Waals surface area contributed by atoms with Gasteiger partial charge < -0.3 is 19.9 Å². The summed E-state index contributed by atoms with van der Waals surface area (Å²) in [5.74, 6) is 1.60. The zero-order valence-electron chi connectivity index (χ0n) is 16.3. The molecule has 0 amide bonds. The molecule has 2 aromatic rings. The van der Waals surface area contributed by atoms with Gasteiger partial charge in [-0.3, -0.25) is 0 Å². The summed E-state index contributed by atoms with van der Waals surface area (Å²) < 4.78 is 20.2. The lowest BCUT2D eigenvalue weighted by Gasteiger charge is -2.27. The second-order valence-electron chi connectivity index (χ2n) is 7.47. The summed E-state index contributed by atoms with van der Waals surface area (Å²) in [6.45, 7) is 8.27. The highest BCUT2D eigenvalue weighted by Crippen LogP contribution is 2.26. The predicted molar refractivity (Wildman–Crippen MR) is 105 cm³/mol. The lowest BCUT2D eigenvalue weighted by Crippen LogP contribution is -2.37. The summed E-state index contributed by atoms with van der Waals surface area (Å²) in [4.78, 5) is 21.4. The molecule has 0 bridgehead atoms. The van der Waals surface area contributed by atoms with Crippen LogP contribution in [0.15, 0.2) is 18.6 Å². The van der Waals surface area contributed by atoms with E-state index in [1.54, 1.807) is 6.20 Å². The minimum Gasteiger partial charge on any atom is -0.378 e.